The van der Waals surface area contributed by atoms with E-state index in [1.165, 1.54) is 0 Å². The van der Waals surface area contributed by atoms with Crippen LogP contribution in [0.15, 0.2) is 48.5 Å². The molecule has 0 aliphatic heterocycles. The van der Waals surface area contributed by atoms with Gasteiger partial charge in [0.1, 0.15) is 11.8 Å². The summed E-state index contributed by atoms with van der Waals surface area (Å²) < 4.78 is 5.60. The average molecular weight is 403 g/mol. The van der Waals surface area contributed by atoms with Gasteiger partial charge in [-0.1, -0.05) is 48.9 Å². The standard InChI is InChI=1S/C22H27ClN2O3/c1-4-12-24-22(27)17(3)25(14-18-9-6-5-8-16(18)2)21(26)15-28-20-11-7-10-19(23)13-20/h5-11,13,17H,4,12,14-15H2,1-3H3,(H,24,27)/t17-/m1/s1. The van der Waals surface area contributed by atoms with E-state index in [4.69, 9.17) is 16.3 Å². The van der Waals surface area contributed by atoms with Gasteiger partial charge >= 0.3 is 0 Å². The van der Waals surface area contributed by atoms with Crippen LogP contribution in [0.4, 0.5) is 0 Å². The summed E-state index contributed by atoms with van der Waals surface area (Å²) in [6.45, 7) is 6.46. The molecule has 0 saturated carbocycles. The molecule has 0 radical (unpaired) electrons. The second-order valence-electron chi connectivity index (χ2n) is 6.66. The van der Waals surface area contributed by atoms with E-state index in [1.807, 2.05) is 38.1 Å². The molecule has 5 nitrogen and oxygen atoms in total. The number of rotatable bonds is 9. The maximum absolute atomic E-state index is 12.9. The van der Waals surface area contributed by atoms with Gasteiger partial charge in [0.25, 0.3) is 5.91 Å². The van der Waals surface area contributed by atoms with Gasteiger partial charge in [0.15, 0.2) is 6.61 Å². The molecule has 2 amide bonds. The second-order valence-corrected chi connectivity index (χ2v) is 7.10. The first-order valence-electron chi connectivity index (χ1n) is 9.42. The van der Waals surface area contributed by atoms with Crippen molar-refractivity contribution in [1.82, 2.24) is 10.2 Å². The minimum absolute atomic E-state index is 0.169. The molecule has 2 aromatic carbocycles. The highest BCUT2D eigenvalue weighted by Crippen LogP contribution is 2.18. The molecular formula is C22H27ClN2O3. The van der Waals surface area contributed by atoms with E-state index >= 15 is 0 Å². The zero-order valence-electron chi connectivity index (χ0n) is 16.6. The predicted octanol–water partition coefficient (Wildman–Crippen LogP) is 3.97. The topological polar surface area (TPSA) is 58.6 Å². The lowest BCUT2D eigenvalue weighted by Crippen LogP contribution is -2.49. The van der Waals surface area contributed by atoms with Gasteiger partial charge in [0.05, 0.1) is 0 Å². The third-order valence-electron chi connectivity index (χ3n) is 4.48. The SMILES string of the molecule is CCCNC(=O)[C@@H](C)N(Cc1ccccc1C)C(=O)COc1cccc(Cl)c1. The lowest BCUT2D eigenvalue weighted by atomic mass is 10.1. The van der Waals surface area contributed by atoms with Crippen LogP contribution in [-0.4, -0.2) is 35.9 Å². The average Bonchev–Trinajstić information content (AvgIpc) is 2.69. The minimum Gasteiger partial charge on any atom is -0.484 e. The molecule has 2 aromatic rings. The van der Waals surface area contributed by atoms with Crippen LogP contribution in [-0.2, 0) is 16.1 Å². The highest BCUT2D eigenvalue weighted by atomic mass is 35.5. The Hall–Kier alpha value is -2.53. The number of aryl methyl sites for hydroxylation is 1. The largest absolute Gasteiger partial charge is 0.484 e. The van der Waals surface area contributed by atoms with Gasteiger partial charge in [-0.2, -0.15) is 0 Å². The van der Waals surface area contributed by atoms with Gasteiger partial charge < -0.3 is 15.0 Å². The maximum Gasteiger partial charge on any atom is 0.261 e. The molecule has 2 rings (SSSR count). The summed E-state index contributed by atoms with van der Waals surface area (Å²) in [6, 6.07) is 14.1. The fraction of sp³-hybridized carbons (Fsp3) is 0.364. The van der Waals surface area contributed by atoms with Crippen LogP contribution in [0.2, 0.25) is 5.02 Å². The monoisotopic (exact) mass is 402 g/mol. The Morgan fingerprint density at radius 1 is 1.18 bits per heavy atom. The van der Waals surface area contributed by atoms with Crippen molar-refractivity contribution in [2.75, 3.05) is 13.2 Å². The van der Waals surface area contributed by atoms with Crippen LogP contribution >= 0.6 is 11.6 Å². The van der Waals surface area contributed by atoms with E-state index in [9.17, 15) is 9.59 Å². The smallest absolute Gasteiger partial charge is 0.261 e. The Bertz CT molecular complexity index is 810. The highest BCUT2D eigenvalue weighted by molar-refractivity contribution is 6.30. The molecule has 0 heterocycles. The first-order chi connectivity index (χ1) is 13.4. The molecule has 0 bridgehead atoms. The van der Waals surface area contributed by atoms with E-state index in [0.717, 1.165) is 17.5 Å². The molecule has 0 fully saturated rings. The number of hydrogen-bond acceptors (Lipinski definition) is 3. The van der Waals surface area contributed by atoms with Crippen LogP contribution in [0.5, 0.6) is 5.75 Å². The summed E-state index contributed by atoms with van der Waals surface area (Å²) in [4.78, 5) is 27.0. The lowest BCUT2D eigenvalue weighted by molar-refractivity contribution is -0.142. The molecule has 28 heavy (non-hydrogen) atoms. The minimum atomic E-state index is -0.610. The molecule has 0 spiro atoms. The van der Waals surface area contributed by atoms with E-state index in [2.05, 4.69) is 5.32 Å². The van der Waals surface area contributed by atoms with Crippen molar-refractivity contribution in [1.29, 1.82) is 0 Å². The number of nitrogens with one attached hydrogen (secondary N) is 1. The number of nitrogens with zero attached hydrogens (tertiary/aromatic N) is 1. The van der Waals surface area contributed by atoms with Crippen LogP contribution in [0, 0.1) is 6.92 Å². The van der Waals surface area contributed by atoms with E-state index in [-0.39, 0.29) is 18.4 Å². The Morgan fingerprint density at radius 3 is 2.61 bits per heavy atom. The van der Waals surface area contributed by atoms with Crippen molar-refractivity contribution in [2.45, 2.75) is 39.8 Å². The number of ether oxygens (including phenoxy) is 1. The third-order valence-corrected chi connectivity index (χ3v) is 4.71. The summed E-state index contributed by atoms with van der Waals surface area (Å²) in [6.07, 6.45) is 0.835. The Labute approximate surface area is 171 Å². The fourth-order valence-corrected chi connectivity index (χ4v) is 2.91. The summed E-state index contributed by atoms with van der Waals surface area (Å²) in [7, 11) is 0. The normalized spacial score (nSPS) is 11.6. The summed E-state index contributed by atoms with van der Waals surface area (Å²) in [5.41, 5.74) is 2.06. The van der Waals surface area contributed by atoms with E-state index < -0.39 is 6.04 Å². The van der Waals surface area contributed by atoms with Crippen molar-refractivity contribution < 1.29 is 14.3 Å². The first kappa shape index (κ1) is 21.8. The lowest BCUT2D eigenvalue weighted by Gasteiger charge is -2.29. The van der Waals surface area contributed by atoms with Gasteiger partial charge in [-0.15, -0.1) is 0 Å². The van der Waals surface area contributed by atoms with Gasteiger partial charge in [0.2, 0.25) is 5.91 Å². The number of hydrogen-bond donors (Lipinski definition) is 1. The first-order valence-corrected chi connectivity index (χ1v) is 9.80. The van der Waals surface area contributed by atoms with E-state index in [0.29, 0.717) is 23.9 Å². The van der Waals surface area contributed by atoms with E-state index in [1.54, 1.807) is 36.1 Å². The van der Waals surface area contributed by atoms with Crippen LogP contribution in [0.1, 0.15) is 31.4 Å². The summed E-state index contributed by atoms with van der Waals surface area (Å²) >= 11 is 5.96. The molecule has 0 aliphatic rings. The van der Waals surface area contributed by atoms with Gasteiger partial charge in [0, 0.05) is 18.1 Å². The third kappa shape index (κ3) is 6.27. The van der Waals surface area contributed by atoms with Crippen LogP contribution in [0.25, 0.3) is 0 Å². The number of carbonyl (C=O) groups excluding carboxylic acids is 2. The zero-order chi connectivity index (χ0) is 20.5. The Morgan fingerprint density at radius 2 is 1.93 bits per heavy atom. The van der Waals surface area contributed by atoms with Crippen molar-refractivity contribution in [3.63, 3.8) is 0 Å². The fourth-order valence-electron chi connectivity index (χ4n) is 2.73. The highest BCUT2D eigenvalue weighted by Gasteiger charge is 2.26. The number of benzene rings is 2. The van der Waals surface area contributed by atoms with Crippen molar-refractivity contribution in [3.8, 4) is 5.75 Å². The van der Waals surface area contributed by atoms with Gasteiger partial charge in [-0.05, 0) is 49.6 Å². The molecule has 6 heteroatoms. The molecule has 0 aliphatic carbocycles. The molecule has 0 aromatic heterocycles. The molecule has 0 unspecified atom stereocenters. The summed E-state index contributed by atoms with van der Waals surface area (Å²) in [5, 5.41) is 3.39. The van der Waals surface area contributed by atoms with Gasteiger partial charge in [-0.3, -0.25) is 9.59 Å². The maximum atomic E-state index is 12.9. The number of amides is 2. The predicted molar refractivity (Wildman–Crippen MR) is 111 cm³/mol. The van der Waals surface area contributed by atoms with Crippen molar-refractivity contribution in [2.24, 2.45) is 0 Å². The van der Waals surface area contributed by atoms with Crippen molar-refractivity contribution >= 4 is 23.4 Å². The quantitative estimate of drug-likeness (QED) is 0.690. The van der Waals surface area contributed by atoms with Crippen LogP contribution < -0.4 is 10.1 Å². The number of carbonyl (C=O) groups is 2. The van der Waals surface area contributed by atoms with Gasteiger partial charge in [-0.25, -0.2) is 0 Å². The molecule has 150 valence electrons. The Kier molecular flexibility index (Phi) is 8.33. The molecule has 0 saturated heterocycles. The van der Waals surface area contributed by atoms with Crippen LogP contribution in [0.3, 0.4) is 0 Å². The Balaban J connectivity index is 2.14. The number of halogens is 1. The molecular weight excluding hydrogens is 376 g/mol. The molecule has 1 N–H and O–H groups in total. The summed E-state index contributed by atoms with van der Waals surface area (Å²) in [5.74, 6) is 0.0775. The zero-order valence-corrected chi connectivity index (χ0v) is 17.3. The second kappa shape index (κ2) is 10.7. The molecule has 1 atom stereocenters. The van der Waals surface area contributed by atoms with Crippen molar-refractivity contribution in [3.05, 3.63) is 64.7 Å².